The summed E-state index contributed by atoms with van der Waals surface area (Å²) < 4.78 is 12.9. The molecule has 1 heterocycles. The average Bonchev–Trinajstić information content (AvgIpc) is 2.64. The van der Waals surface area contributed by atoms with Crippen molar-refractivity contribution in [2.75, 3.05) is 10.6 Å². The van der Waals surface area contributed by atoms with Gasteiger partial charge in [-0.15, -0.1) is 0 Å². The first kappa shape index (κ1) is 16.1. The van der Waals surface area contributed by atoms with Gasteiger partial charge >= 0.3 is 0 Å². The minimum atomic E-state index is -0.391. The highest BCUT2D eigenvalue weighted by Crippen LogP contribution is 2.18. The molecule has 0 saturated carbocycles. The van der Waals surface area contributed by atoms with Gasteiger partial charge in [-0.3, -0.25) is 9.78 Å². The second kappa shape index (κ2) is 7.23. The molecule has 0 bridgehead atoms. The molecule has 6 heteroatoms. The molecule has 3 aromatic rings. The predicted octanol–water partition coefficient (Wildman–Crippen LogP) is 4.09. The van der Waals surface area contributed by atoms with E-state index < -0.39 is 5.91 Å². The number of carbonyl (C=O) groups is 1. The van der Waals surface area contributed by atoms with Gasteiger partial charge < -0.3 is 10.6 Å². The number of hydrogen-bond acceptors (Lipinski definition) is 4. The number of nitriles is 1. The monoisotopic (exact) mass is 332 g/mol. The van der Waals surface area contributed by atoms with Gasteiger partial charge in [0.05, 0.1) is 11.6 Å². The molecule has 0 fully saturated rings. The summed E-state index contributed by atoms with van der Waals surface area (Å²) in [5.74, 6) is -0.710. The molecule has 0 aliphatic heterocycles. The highest BCUT2D eigenvalue weighted by molar-refractivity contribution is 6.03. The number of carbonyl (C=O) groups excluding carboxylic acids is 1. The summed E-state index contributed by atoms with van der Waals surface area (Å²) >= 11 is 0. The van der Waals surface area contributed by atoms with E-state index in [9.17, 15) is 9.18 Å². The average molecular weight is 332 g/mol. The van der Waals surface area contributed by atoms with Crippen LogP contribution >= 0.6 is 0 Å². The Bertz CT molecular complexity index is 948. The fourth-order valence-corrected chi connectivity index (χ4v) is 2.19. The van der Waals surface area contributed by atoms with Crippen molar-refractivity contribution in [2.45, 2.75) is 0 Å². The van der Waals surface area contributed by atoms with Crippen LogP contribution < -0.4 is 10.6 Å². The zero-order chi connectivity index (χ0) is 17.6. The Kier molecular flexibility index (Phi) is 4.67. The zero-order valence-corrected chi connectivity index (χ0v) is 13.0. The molecule has 122 valence electrons. The molecule has 1 aromatic heterocycles. The molecule has 0 radical (unpaired) electrons. The van der Waals surface area contributed by atoms with E-state index in [0.29, 0.717) is 22.6 Å². The molecule has 3 rings (SSSR count). The van der Waals surface area contributed by atoms with Crippen molar-refractivity contribution in [3.63, 3.8) is 0 Å². The Balaban J connectivity index is 1.75. The van der Waals surface area contributed by atoms with Gasteiger partial charge in [-0.05, 0) is 54.6 Å². The fraction of sp³-hybridized carbons (Fsp3) is 0. The van der Waals surface area contributed by atoms with Crippen LogP contribution in [0.2, 0.25) is 0 Å². The molecule has 1 amide bonds. The number of nitrogens with one attached hydrogen (secondary N) is 2. The van der Waals surface area contributed by atoms with Crippen molar-refractivity contribution in [1.29, 1.82) is 5.26 Å². The smallest absolute Gasteiger partial charge is 0.274 e. The number of benzene rings is 2. The molecule has 5 nitrogen and oxygen atoms in total. The lowest BCUT2D eigenvalue weighted by Crippen LogP contribution is -2.13. The fourth-order valence-electron chi connectivity index (χ4n) is 2.19. The van der Waals surface area contributed by atoms with Crippen LogP contribution in [0.15, 0.2) is 66.9 Å². The van der Waals surface area contributed by atoms with Crippen molar-refractivity contribution < 1.29 is 9.18 Å². The van der Waals surface area contributed by atoms with E-state index in [1.165, 1.54) is 18.3 Å². The number of amides is 1. The van der Waals surface area contributed by atoms with Gasteiger partial charge in [0.25, 0.3) is 5.91 Å². The Morgan fingerprint density at radius 2 is 1.80 bits per heavy atom. The third kappa shape index (κ3) is 4.18. The van der Waals surface area contributed by atoms with Crippen molar-refractivity contribution in [2.24, 2.45) is 0 Å². The second-order valence-electron chi connectivity index (χ2n) is 5.21. The lowest BCUT2D eigenvalue weighted by atomic mass is 10.2. The van der Waals surface area contributed by atoms with Crippen LogP contribution in [0.25, 0.3) is 0 Å². The number of aromatic nitrogens is 1. The van der Waals surface area contributed by atoms with Crippen LogP contribution in [0, 0.1) is 17.1 Å². The molecular formula is C19H13FN4O. The topological polar surface area (TPSA) is 77.8 Å². The minimum absolute atomic E-state index is 0.217. The van der Waals surface area contributed by atoms with E-state index in [2.05, 4.69) is 15.6 Å². The maximum atomic E-state index is 12.9. The minimum Gasteiger partial charge on any atom is -0.355 e. The molecule has 2 N–H and O–H groups in total. The van der Waals surface area contributed by atoms with Crippen LogP contribution in [-0.2, 0) is 0 Å². The quantitative estimate of drug-likeness (QED) is 0.754. The normalized spacial score (nSPS) is 9.92. The van der Waals surface area contributed by atoms with Crippen LogP contribution in [0.3, 0.4) is 0 Å². The number of nitrogens with zero attached hydrogens (tertiary/aromatic N) is 2. The maximum absolute atomic E-state index is 12.9. The molecule has 0 aliphatic carbocycles. The van der Waals surface area contributed by atoms with Crippen LogP contribution in [0.4, 0.5) is 21.5 Å². The Hall–Kier alpha value is -3.72. The van der Waals surface area contributed by atoms with Gasteiger partial charge in [0.15, 0.2) is 0 Å². The Morgan fingerprint density at radius 3 is 2.56 bits per heavy atom. The summed E-state index contributed by atoms with van der Waals surface area (Å²) in [7, 11) is 0. The standard InChI is InChI=1S/C19H13FN4O/c20-14-4-6-15(7-5-14)23-17-8-9-22-18(11-17)19(25)24-16-3-1-2-13(10-16)12-21/h1-11H,(H,22,23)(H,24,25). The van der Waals surface area contributed by atoms with E-state index >= 15 is 0 Å². The number of rotatable bonds is 4. The summed E-state index contributed by atoms with van der Waals surface area (Å²) in [4.78, 5) is 16.4. The number of hydrogen-bond donors (Lipinski definition) is 2. The Labute approximate surface area is 143 Å². The van der Waals surface area contributed by atoms with Gasteiger partial charge in [-0.2, -0.15) is 5.26 Å². The van der Waals surface area contributed by atoms with E-state index in [4.69, 9.17) is 5.26 Å². The summed E-state index contributed by atoms with van der Waals surface area (Å²) in [5.41, 5.74) is 2.54. The number of halogens is 1. The Morgan fingerprint density at radius 1 is 1.00 bits per heavy atom. The number of pyridine rings is 1. The first-order chi connectivity index (χ1) is 12.1. The van der Waals surface area contributed by atoms with Gasteiger partial charge in [0, 0.05) is 23.3 Å². The van der Waals surface area contributed by atoms with Gasteiger partial charge in [-0.1, -0.05) is 6.07 Å². The highest BCUT2D eigenvalue weighted by atomic mass is 19.1. The van der Waals surface area contributed by atoms with Crippen molar-refractivity contribution >= 4 is 23.0 Å². The van der Waals surface area contributed by atoms with E-state index in [1.54, 1.807) is 48.5 Å². The molecule has 0 atom stereocenters. The highest BCUT2D eigenvalue weighted by Gasteiger charge is 2.09. The molecule has 0 saturated heterocycles. The first-order valence-corrected chi connectivity index (χ1v) is 7.44. The van der Waals surface area contributed by atoms with Crippen molar-refractivity contribution in [1.82, 2.24) is 4.98 Å². The van der Waals surface area contributed by atoms with E-state index in [-0.39, 0.29) is 11.5 Å². The lowest BCUT2D eigenvalue weighted by Gasteiger charge is -2.09. The van der Waals surface area contributed by atoms with Crippen molar-refractivity contribution in [3.8, 4) is 6.07 Å². The summed E-state index contributed by atoms with van der Waals surface area (Å²) in [6.07, 6.45) is 1.51. The lowest BCUT2D eigenvalue weighted by molar-refractivity contribution is 0.102. The van der Waals surface area contributed by atoms with E-state index in [0.717, 1.165) is 0 Å². The van der Waals surface area contributed by atoms with Crippen LogP contribution in [-0.4, -0.2) is 10.9 Å². The SMILES string of the molecule is N#Cc1cccc(NC(=O)c2cc(Nc3ccc(F)cc3)ccn2)c1. The van der Waals surface area contributed by atoms with E-state index in [1.807, 2.05) is 6.07 Å². The molecular weight excluding hydrogens is 319 g/mol. The third-order valence-electron chi connectivity index (χ3n) is 3.38. The summed E-state index contributed by atoms with van der Waals surface area (Å²) in [6.45, 7) is 0. The van der Waals surface area contributed by atoms with Crippen LogP contribution in [0.5, 0.6) is 0 Å². The number of anilines is 3. The molecule has 0 aliphatic rings. The first-order valence-electron chi connectivity index (χ1n) is 7.44. The third-order valence-corrected chi connectivity index (χ3v) is 3.38. The second-order valence-corrected chi connectivity index (χ2v) is 5.21. The van der Waals surface area contributed by atoms with Crippen molar-refractivity contribution in [3.05, 3.63) is 83.9 Å². The van der Waals surface area contributed by atoms with Crippen LogP contribution in [0.1, 0.15) is 16.1 Å². The van der Waals surface area contributed by atoms with Gasteiger partial charge in [-0.25, -0.2) is 4.39 Å². The van der Waals surface area contributed by atoms with Gasteiger partial charge in [0.1, 0.15) is 11.5 Å². The largest absolute Gasteiger partial charge is 0.355 e. The summed E-state index contributed by atoms with van der Waals surface area (Å²) in [5, 5.41) is 14.7. The molecule has 0 spiro atoms. The molecule has 25 heavy (non-hydrogen) atoms. The molecule has 0 unspecified atom stereocenters. The predicted molar refractivity (Wildman–Crippen MR) is 93.0 cm³/mol. The summed E-state index contributed by atoms with van der Waals surface area (Å²) in [6, 6.07) is 17.8. The zero-order valence-electron chi connectivity index (χ0n) is 13.0. The molecule has 2 aromatic carbocycles. The van der Waals surface area contributed by atoms with Gasteiger partial charge in [0.2, 0.25) is 0 Å². The maximum Gasteiger partial charge on any atom is 0.274 e.